The number of nitrogens with zero attached hydrogens (tertiary/aromatic N) is 2. The number of aromatic nitrogens is 2. The molecule has 0 radical (unpaired) electrons. The number of hydrogen-bond acceptors (Lipinski definition) is 7. The minimum atomic E-state index is 0.289. The number of rotatable bonds is 26. The molecule has 1 heterocycles. The van der Waals surface area contributed by atoms with Crippen LogP contribution < -0.4 is 0 Å². The summed E-state index contributed by atoms with van der Waals surface area (Å²) >= 11 is 1.76. The van der Waals surface area contributed by atoms with E-state index < -0.39 is 0 Å². The molecule has 0 atom stereocenters. The highest BCUT2D eigenvalue weighted by Crippen LogP contribution is 2.48. The van der Waals surface area contributed by atoms with E-state index in [2.05, 4.69) is 51.7 Å². The Bertz CT molecular complexity index is 595. The Balaban J connectivity index is 2.13. The van der Waals surface area contributed by atoms with Crippen molar-refractivity contribution in [2.75, 3.05) is 0 Å². The second-order valence-corrected chi connectivity index (χ2v) is 19.0. The van der Waals surface area contributed by atoms with Crippen LogP contribution in [-0.2, 0) is 0 Å². The lowest BCUT2D eigenvalue weighted by Gasteiger charge is -2.22. The second kappa shape index (κ2) is 22.6. The molecule has 0 aliphatic rings. The van der Waals surface area contributed by atoms with Crippen LogP contribution in [0.1, 0.15) is 170 Å². The summed E-state index contributed by atoms with van der Waals surface area (Å²) < 4.78 is 2.78. The van der Waals surface area contributed by atoms with Crippen molar-refractivity contribution < 1.29 is 0 Å². The zero-order chi connectivity index (χ0) is 27.2. The molecule has 7 heteroatoms. The van der Waals surface area contributed by atoms with Crippen molar-refractivity contribution in [1.82, 2.24) is 10.2 Å². The minimum absolute atomic E-state index is 0.289. The Hall–Kier alpha value is 0.960. The third-order valence-corrected chi connectivity index (χ3v) is 15.1. The molecular formula is C30H58N2S5. The zero-order valence-electron chi connectivity index (χ0n) is 25.1. The highest BCUT2D eigenvalue weighted by atomic mass is 33.1. The van der Waals surface area contributed by atoms with Gasteiger partial charge < -0.3 is 0 Å². The van der Waals surface area contributed by atoms with Crippen molar-refractivity contribution in [2.45, 2.75) is 188 Å². The van der Waals surface area contributed by atoms with Crippen LogP contribution in [0.15, 0.2) is 8.68 Å². The molecule has 1 aromatic rings. The fourth-order valence-electron chi connectivity index (χ4n) is 4.37. The molecule has 0 spiro atoms. The van der Waals surface area contributed by atoms with Crippen LogP contribution in [0.25, 0.3) is 0 Å². The van der Waals surface area contributed by atoms with Gasteiger partial charge in [-0.1, -0.05) is 162 Å². The lowest BCUT2D eigenvalue weighted by atomic mass is 10.0. The summed E-state index contributed by atoms with van der Waals surface area (Å²) in [5, 5.41) is 8.94. The molecule has 1 aromatic heterocycles. The lowest BCUT2D eigenvalue weighted by Crippen LogP contribution is -2.12. The first-order chi connectivity index (χ1) is 17.8. The molecule has 0 amide bonds. The molecule has 0 saturated heterocycles. The highest BCUT2D eigenvalue weighted by molar-refractivity contribution is 8.78. The smallest absolute Gasteiger partial charge is 0.130 e. The topological polar surface area (TPSA) is 25.8 Å². The predicted octanol–water partition coefficient (Wildman–Crippen LogP) is 13.4. The Kier molecular flexibility index (Phi) is 22.0. The molecule has 0 aliphatic carbocycles. The van der Waals surface area contributed by atoms with E-state index in [0.29, 0.717) is 0 Å². The van der Waals surface area contributed by atoms with E-state index in [1.165, 1.54) is 128 Å². The summed E-state index contributed by atoms with van der Waals surface area (Å²) in [6.45, 7) is 14.1. The molecule has 0 N–H and O–H groups in total. The molecule has 218 valence electrons. The maximum atomic E-state index is 4.47. The van der Waals surface area contributed by atoms with Crippen LogP contribution >= 0.6 is 54.5 Å². The van der Waals surface area contributed by atoms with Crippen molar-refractivity contribution in [1.29, 1.82) is 0 Å². The fraction of sp³-hybridized carbons (Fsp3) is 0.933. The summed E-state index contributed by atoms with van der Waals surface area (Å²) in [6.07, 6.45) is 27.8. The fourth-order valence-corrected chi connectivity index (χ4v) is 10.5. The first kappa shape index (κ1) is 36.0. The van der Waals surface area contributed by atoms with E-state index in [1.54, 1.807) is 11.3 Å². The summed E-state index contributed by atoms with van der Waals surface area (Å²) in [5.41, 5.74) is 0. The SMILES string of the molecule is CCCCCCCCCCCC(C)(C)SSc1nnc(SSC(C)(C)CCCCCCCCCCC)s1. The molecule has 0 saturated carbocycles. The molecule has 0 aromatic carbocycles. The minimum Gasteiger partial charge on any atom is -0.130 e. The molecule has 2 nitrogen and oxygen atoms in total. The Morgan fingerprint density at radius 2 is 0.784 bits per heavy atom. The van der Waals surface area contributed by atoms with Crippen molar-refractivity contribution in [3.63, 3.8) is 0 Å². The maximum Gasteiger partial charge on any atom is 0.185 e. The Morgan fingerprint density at radius 3 is 1.11 bits per heavy atom. The standard InChI is InChI=1S/C30H58N2S5/c1-7-9-11-13-15-17-19-21-23-25-29(3,4)36-34-27-31-32-28(33-27)35-37-30(5,6)26-24-22-20-18-16-14-12-10-8-2/h7-26H2,1-6H3. The predicted molar refractivity (Wildman–Crippen MR) is 179 cm³/mol. The van der Waals surface area contributed by atoms with Crippen LogP contribution in [0.4, 0.5) is 0 Å². The summed E-state index contributed by atoms with van der Waals surface area (Å²) in [4.78, 5) is 0. The van der Waals surface area contributed by atoms with Crippen LogP contribution in [-0.4, -0.2) is 19.7 Å². The normalized spacial score (nSPS) is 12.5. The number of hydrogen-bond donors (Lipinski definition) is 0. The van der Waals surface area contributed by atoms with E-state index in [4.69, 9.17) is 0 Å². The van der Waals surface area contributed by atoms with Crippen LogP contribution in [0.2, 0.25) is 0 Å². The van der Waals surface area contributed by atoms with Gasteiger partial charge in [0.25, 0.3) is 0 Å². The van der Waals surface area contributed by atoms with Crippen LogP contribution in [0.3, 0.4) is 0 Å². The van der Waals surface area contributed by atoms with Gasteiger partial charge in [0.05, 0.1) is 0 Å². The van der Waals surface area contributed by atoms with Crippen molar-refractivity contribution >= 4 is 54.5 Å². The maximum absolute atomic E-state index is 4.47. The summed E-state index contributed by atoms with van der Waals surface area (Å²) in [6, 6.07) is 0. The van der Waals surface area contributed by atoms with Gasteiger partial charge in [0.15, 0.2) is 8.68 Å². The van der Waals surface area contributed by atoms with Crippen LogP contribution in [0, 0.1) is 0 Å². The van der Waals surface area contributed by atoms with Gasteiger partial charge in [-0.25, -0.2) is 0 Å². The monoisotopic (exact) mass is 606 g/mol. The van der Waals surface area contributed by atoms with E-state index in [9.17, 15) is 0 Å². The van der Waals surface area contributed by atoms with Gasteiger partial charge in [-0.3, -0.25) is 0 Å². The Labute approximate surface area is 251 Å². The van der Waals surface area contributed by atoms with E-state index in [-0.39, 0.29) is 9.49 Å². The zero-order valence-corrected chi connectivity index (χ0v) is 29.2. The van der Waals surface area contributed by atoms with E-state index in [0.717, 1.165) is 8.68 Å². The van der Waals surface area contributed by atoms with Gasteiger partial charge in [0.1, 0.15) is 0 Å². The van der Waals surface area contributed by atoms with E-state index >= 15 is 0 Å². The third-order valence-electron chi connectivity index (χ3n) is 6.83. The molecule has 0 bridgehead atoms. The molecule has 0 aliphatic heterocycles. The Morgan fingerprint density at radius 1 is 0.486 bits per heavy atom. The van der Waals surface area contributed by atoms with Gasteiger partial charge in [-0.15, -0.1) is 10.2 Å². The average Bonchev–Trinajstić information content (AvgIpc) is 3.32. The van der Waals surface area contributed by atoms with Gasteiger partial charge in [0, 0.05) is 9.49 Å². The molecule has 37 heavy (non-hydrogen) atoms. The van der Waals surface area contributed by atoms with Gasteiger partial charge in [-0.2, -0.15) is 0 Å². The lowest BCUT2D eigenvalue weighted by molar-refractivity contribution is 0.529. The van der Waals surface area contributed by atoms with Crippen molar-refractivity contribution in [3.05, 3.63) is 0 Å². The quantitative estimate of drug-likeness (QED) is 0.0768. The highest BCUT2D eigenvalue weighted by Gasteiger charge is 2.22. The van der Waals surface area contributed by atoms with Crippen molar-refractivity contribution in [2.24, 2.45) is 0 Å². The summed E-state index contributed by atoms with van der Waals surface area (Å²) in [5.74, 6) is 0. The molecule has 1 rings (SSSR count). The third kappa shape index (κ3) is 21.4. The van der Waals surface area contributed by atoms with Gasteiger partial charge in [-0.05, 0) is 62.1 Å². The molecular weight excluding hydrogens is 549 g/mol. The largest absolute Gasteiger partial charge is 0.185 e. The van der Waals surface area contributed by atoms with E-state index in [1.807, 2.05) is 43.2 Å². The molecule has 0 unspecified atom stereocenters. The summed E-state index contributed by atoms with van der Waals surface area (Å²) in [7, 11) is 7.61. The first-order valence-electron chi connectivity index (χ1n) is 15.3. The first-order valence-corrected chi connectivity index (χ1v) is 20.4. The van der Waals surface area contributed by atoms with Crippen LogP contribution in [0.5, 0.6) is 0 Å². The van der Waals surface area contributed by atoms with Gasteiger partial charge >= 0.3 is 0 Å². The molecule has 0 fully saturated rings. The number of unbranched alkanes of at least 4 members (excludes halogenated alkanes) is 16. The average molecular weight is 607 g/mol. The van der Waals surface area contributed by atoms with Crippen molar-refractivity contribution in [3.8, 4) is 0 Å². The second-order valence-electron chi connectivity index (χ2n) is 11.8. The van der Waals surface area contributed by atoms with Gasteiger partial charge in [0.2, 0.25) is 0 Å².